The van der Waals surface area contributed by atoms with E-state index in [4.69, 9.17) is 5.11 Å². The molecule has 0 bridgehead atoms. The molecule has 0 saturated heterocycles. The number of rotatable bonds is 2. The third-order valence-electron chi connectivity index (χ3n) is 1.33. The van der Waals surface area contributed by atoms with Crippen molar-refractivity contribution < 1.29 is 19.5 Å². The highest BCUT2D eigenvalue weighted by molar-refractivity contribution is 6.17. The third-order valence-corrected chi connectivity index (χ3v) is 1.33. The Bertz CT molecular complexity index is 297. The fourth-order valence-corrected chi connectivity index (χ4v) is 0.762. The van der Waals surface area contributed by atoms with Gasteiger partial charge in [-0.05, 0) is 0 Å². The van der Waals surface area contributed by atoms with Gasteiger partial charge >= 0.3 is 5.97 Å². The molecule has 5 heteroatoms. The Morgan fingerprint density at radius 2 is 1.75 bits per heavy atom. The summed E-state index contributed by atoms with van der Waals surface area (Å²) in [5.74, 6) is -2.74. The van der Waals surface area contributed by atoms with Crippen LogP contribution >= 0.6 is 0 Å². The summed E-state index contributed by atoms with van der Waals surface area (Å²) in [5.41, 5.74) is -0.532. The number of amides is 2. The maximum atomic E-state index is 10.8. The minimum Gasteiger partial charge on any atom is -0.477 e. The molecule has 0 aromatic rings. The van der Waals surface area contributed by atoms with E-state index in [-0.39, 0.29) is 0 Å². The van der Waals surface area contributed by atoms with Gasteiger partial charge in [0.1, 0.15) is 5.70 Å². The summed E-state index contributed by atoms with van der Waals surface area (Å²) in [6, 6.07) is 0. The van der Waals surface area contributed by atoms with Crippen molar-refractivity contribution in [1.82, 2.24) is 4.90 Å². The van der Waals surface area contributed by atoms with E-state index in [1.165, 1.54) is 0 Å². The summed E-state index contributed by atoms with van der Waals surface area (Å²) in [6.45, 7) is 3.08. The molecular weight excluding hydrogens is 162 g/mol. The summed E-state index contributed by atoms with van der Waals surface area (Å²) in [5, 5.41) is 8.40. The van der Waals surface area contributed by atoms with Crippen LogP contribution in [-0.2, 0) is 14.4 Å². The van der Waals surface area contributed by atoms with Gasteiger partial charge in [-0.3, -0.25) is 9.59 Å². The topological polar surface area (TPSA) is 74.7 Å². The van der Waals surface area contributed by atoms with Gasteiger partial charge in [-0.2, -0.15) is 0 Å². The van der Waals surface area contributed by atoms with E-state index in [9.17, 15) is 14.4 Å². The van der Waals surface area contributed by atoms with E-state index in [1.807, 2.05) is 0 Å². The molecule has 0 atom stereocenters. The fourth-order valence-electron chi connectivity index (χ4n) is 0.762. The largest absolute Gasteiger partial charge is 0.477 e. The molecule has 62 valence electrons. The molecule has 1 rings (SSSR count). The first-order valence-corrected chi connectivity index (χ1v) is 3.02. The lowest BCUT2D eigenvalue weighted by molar-refractivity contribution is -0.142. The summed E-state index contributed by atoms with van der Waals surface area (Å²) < 4.78 is 0. The second-order valence-electron chi connectivity index (χ2n) is 2.10. The van der Waals surface area contributed by atoms with Crippen molar-refractivity contribution in [3.05, 3.63) is 24.4 Å². The van der Waals surface area contributed by atoms with Crippen molar-refractivity contribution >= 4 is 17.8 Å². The Balaban J connectivity index is 2.91. The number of aliphatic carboxylic acids is 1. The number of carboxylic acids is 1. The summed E-state index contributed by atoms with van der Waals surface area (Å²) >= 11 is 0. The molecule has 0 saturated carbocycles. The number of carboxylic acid groups (broad SMARTS) is 1. The van der Waals surface area contributed by atoms with Gasteiger partial charge in [-0.1, -0.05) is 6.58 Å². The zero-order valence-electron chi connectivity index (χ0n) is 5.98. The fraction of sp³-hybridized carbons (Fsp3) is 0. The van der Waals surface area contributed by atoms with Gasteiger partial charge in [0.05, 0.1) is 0 Å². The summed E-state index contributed by atoms with van der Waals surface area (Å²) in [6.07, 6.45) is 1.99. The van der Waals surface area contributed by atoms with Gasteiger partial charge in [-0.25, -0.2) is 9.69 Å². The zero-order chi connectivity index (χ0) is 9.30. The molecule has 1 aliphatic heterocycles. The molecule has 1 aliphatic rings. The number of hydrogen-bond donors (Lipinski definition) is 1. The predicted molar refractivity (Wildman–Crippen MR) is 37.8 cm³/mol. The smallest absolute Gasteiger partial charge is 0.352 e. The highest BCUT2D eigenvalue weighted by atomic mass is 16.4. The van der Waals surface area contributed by atoms with Crippen molar-refractivity contribution in [1.29, 1.82) is 0 Å². The maximum Gasteiger partial charge on any atom is 0.352 e. The first-order chi connectivity index (χ1) is 5.54. The van der Waals surface area contributed by atoms with Crippen LogP contribution in [0.15, 0.2) is 24.4 Å². The Morgan fingerprint density at radius 3 is 2.08 bits per heavy atom. The molecule has 0 unspecified atom stereocenters. The van der Waals surface area contributed by atoms with Gasteiger partial charge in [0.25, 0.3) is 11.8 Å². The van der Waals surface area contributed by atoms with E-state index in [2.05, 4.69) is 6.58 Å². The maximum absolute atomic E-state index is 10.8. The minimum absolute atomic E-state index is 0.502. The first-order valence-electron chi connectivity index (χ1n) is 3.02. The lowest BCUT2D eigenvalue weighted by Gasteiger charge is -2.11. The normalized spacial score (nSPS) is 15.5. The van der Waals surface area contributed by atoms with Crippen molar-refractivity contribution in [3.63, 3.8) is 0 Å². The van der Waals surface area contributed by atoms with Gasteiger partial charge in [-0.15, -0.1) is 0 Å². The Kier molecular flexibility index (Phi) is 1.78. The molecule has 0 fully saturated rings. The molecule has 12 heavy (non-hydrogen) atoms. The van der Waals surface area contributed by atoms with Crippen LogP contribution in [0.4, 0.5) is 0 Å². The van der Waals surface area contributed by atoms with Crippen LogP contribution < -0.4 is 0 Å². The quantitative estimate of drug-likeness (QED) is 0.444. The van der Waals surface area contributed by atoms with E-state index in [0.29, 0.717) is 4.90 Å². The monoisotopic (exact) mass is 167 g/mol. The van der Waals surface area contributed by atoms with E-state index in [1.54, 1.807) is 0 Å². The molecule has 1 heterocycles. The minimum atomic E-state index is -1.39. The second-order valence-corrected chi connectivity index (χ2v) is 2.10. The van der Waals surface area contributed by atoms with E-state index < -0.39 is 23.5 Å². The van der Waals surface area contributed by atoms with Crippen LogP contribution in [0.3, 0.4) is 0 Å². The standard InChI is InChI=1S/C7H5NO4/c1-4(7(11)12)8-5(9)2-3-6(8)10/h2-3H,1H2,(H,11,12). The third kappa shape index (κ3) is 1.12. The van der Waals surface area contributed by atoms with E-state index in [0.717, 1.165) is 12.2 Å². The van der Waals surface area contributed by atoms with Crippen LogP contribution in [0.5, 0.6) is 0 Å². The highest BCUT2D eigenvalue weighted by Crippen LogP contribution is 2.10. The molecule has 5 nitrogen and oxygen atoms in total. The Labute approximate surface area is 67.6 Å². The summed E-state index contributed by atoms with van der Waals surface area (Å²) in [7, 11) is 0. The lowest BCUT2D eigenvalue weighted by Crippen LogP contribution is -2.32. The number of carbonyl (C=O) groups is 3. The van der Waals surface area contributed by atoms with Crippen LogP contribution in [-0.4, -0.2) is 27.8 Å². The molecular formula is C7H5NO4. The number of hydrogen-bond acceptors (Lipinski definition) is 3. The number of carbonyl (C=O) groups excluding carboxylic acids is 2. The molecule has 0 spiro atoms. The number of imide groups is 1. The second kappa shape index (κ2) is 2.61. The zero-order valence-corrected chi connectivity index (χ0v) is 5.98. The highest BCUT2D eigenvalue weighted by Gasteiger charge is 2.29. The molecule has 0 aromatic carbocycles. The van der Waals surface area contributed by atoms with Crippen LogP contribution in [0.1, 0.15) is 0 Å². The molecule has 0 radical (unpaired) electrons. The van der Waals surface area contributed by atoms with Gasteiger partial charge in [0.15, 0.2) is 0 Å². The molecule has 0 aliphatic carbocycles. The van der Waals surface area contributed by atoms with Crippen LogP contribution in [0, 0.1) is 0 Å². The van der Waals surface area contributed by atoms with E-state index >= 15 is 0 Å². The first kappa shape index (κ1) is 8.19. The van der Waals surface area contributed by atoms with Crippen molar-refractivity contribution in [3.8, 4) is 0 Å². The van der Waals surface area contributed by atoms with Crippen LogP contribution in [0.25, 0.3) is 0 Å². The average Bonchev–Trinajstić information content (AvgIpc) is 2.30. The van der Waals surface area contributed by atoms with Gasteiger partial charge in [0, 0.05) is 12.2 Å². The van der Waals surface area contributed by atoms with Gasteiger partial charge in [0.2, 0.25) is 0 Å². The predicted octanol–water partition coefficient (Wildman–Crippen LogP) is -0.490. The van der Waals surface area contributed by atoms with Crippen molar-refractivity contribution in [2.24, 2.45) is 0 Å². The van der Waals surface area contributed by atoms with Gasteiger partial charge < -0.3 is 5.11 Å². The summed E-state index contributed by atoms with van der Waals surface area (Å²) in [4.78, 5) is 32.5. The Hall–Kier alpha value is -1.91. The Morgan fingerprint density at radius 1 is 1.33 bits per heavy atom. The molecule has 0 aromatic heterocycles. The van der Waals surface area contributed by atoms with Crippen molar-refractivity contribution in [2.75, 3.05) is 0 Å². The molecule has 2 amide bonds. The lowest BCUT2D eigenvalue weighted by atomic mass is 10.4. The molecule has 1 N–H and O–H groups in total. The van der Waals surface area contributed by atoms with Crippen LogP contribution in [0.2, 0.25) is 0 Å². The SMILES string of the molecule is C=C(C(=O)O)N1C(=O)C=CC1=O. The number of nitrogens with zero attached hydrogens (tertiary/aromatic N) is 1. The van der Waals surface area contributed by atoms with Crippen molar-refractivity contribution in [2.45, 2.75) is 0 Å². The average molecular weight is 167 g/mol.